The topological polar surface area (TPSA) is 83.1 Å². The van der Waals surface area contributed by atoms with Gasteiger partial charge in [-0.1, -0.05) is 80.4 Å². The molecule has 1 aliphatic heterocycles. The number of hydrogen-bond acceptors (Lipinski definition) is 6. The van der Waals surface area contributed by atoms with E-state index in [1.807, 2.05) is 71.7 Å². The van der Waals surface area contributed by atoms with Gasteiger partial charge >= 0.3 is 6.09 Å². The van der Waals surface area contributed by atoms with Crippen molar-refractivity contribution in [2.24, 2.45) is 0 Å². The van der Waals surface area contributed by atoms with E-state index in [0.717, 1.165) is 74.2 Å². The summed E-state index contributed by atoms with van der Waals surface area (Å²) in [6, 6.07) is 25.8. The van der Waals surface area contributed by atoms with Gasteiger partial charge in [0.2, 0.25) is 5.91 Å². The van der Waals surface area contributed by atoms with E-state index in [4.69, 9.17) is 9.47 Å². The largest absolute Gasteiger partial charge is 0.497 e. The number of benzene rings is 3. The second-order valence-corrected chi connectivity index (χ2v) is 11.0. The third-order valence-corrected chi connectivity index (χ3v) is 7.86. The number of unbranched alkanes of at least 4 members (excludes halogenated alkanes) is 2. The van der Waals surface area contributed by atoms with Crippen LogP contribution in [0.4, 0.5) is 10.5 Å². The van der Waals surface area contributed by atoms with E-state index < -0.39 is 6.09 Å². The molecule has 0 bridgehead atoms. The zero-order chi connectivity index (χ0) is 30.3. The zero-order valence-corrected chi connectivity index (χ0v) is 25.6. The number of methoxy groups -OCH3 is 1. The van der Waals surface area contributed by atoms with Crippen molar-refractivity contribution in [2.75, 3.05) is 45.2 Å². The Morgan fingerprint density at radius 1 is 0.930 bits per heavy atom. The fraction of sp³-hybridized carbons (Fsp3) is 0.429. The summed E-state index contributed by atoms with van der Waals surface area (Å²) in [5, 5.41) is 4.75. The molecule has 3 aromatic carbocycles. The van der Waals surface area contributed by atoms with Crippen LogP contribution in [0, 0.1) is 0 Å². The normalized spacial score (nSPS) is 13.8. The van der Waals surface area contributed by atoms with Crippen LogP contribution in [0.3, 0.4) is 0 Å². The van der Waals surface area contributed by atoms with Gasteiger partial charge in [-0.2, -0.15) is 0 Å². The number of nitrogens with one attached hydrogen (secondary N) is 2. The standard InChI is InChI=1S/C35H46N4O4/c1-3-4-10-24-39(36-23-19-28-15-17-30(42-2)18-16-28)34(40)22-27-38-25-20-31(21-26-38)43-35(41)37-33-14-9-8-13-32(33)29-11-6-5-7-12-29/h5-9,11-18,31,36H,3-4,10,19-27H2,1-2H3,(H,37,41). The summed E-state index contributed by atoms with van der Waals surface area (Å²) in [5.74, 6) is 0.970. The van der Waals surface area contributed by atoms with Gasteiger partial charge in [0.25, 0.3) is 0 Å². The molecule has 1 fully saturated rings. The van der Waals surface area contributed by atoms with Gasteiger partial charge in [0, 0.05) is 44.7 Å². The predicted molar refractivity (Wildman–Crippen MR) is 172 cm³/mol. The first-order valence-corrected chi connectivity index (χ1v) is 15.6. The van der Waals surface area contributed by atoms with Crippen LogP contribution in [0.25, 0.3) is 11.1 Å². The van der Waals surface area contributed by atoms with E-state index >= 15 is 0 Å². The van der Waals surface area contributed by atoms with Gasteiger partial charge in [-0.3, -0.25) is 15.1 Å². The van der Waals surface area contributed by atoms with E-state index in [0.29, 0.717) is 26.1 Å². The molecule has 1 saturated heterocycles. The summed E-state index contributed by atoms with van der Waals surface area (Å²) in [7, 11) is 1.67. The highest BCUT2D eigenvalue weighted by atomic mass is 16.6. The fourth-order valence-corrected chi connectivity index (χ4v) is 5.33. The van der Waals surface area contributed by atoms with Crippen molar-refractivity contribution in [3.05, 3.63) is 84.4 Å². The minimum absolute atomic E-state index is 0.126. The SMILES string of the molecule is CCCCCN(NCCc1ccc(OC)cc1)C(=O)CCN1CCC(OC(=O)Nc2ccccc2-c2ccccc2)CC1. The first-order valence-electron chi connectivity index (χ1n) is 15.6. The van der Waals surface area contributed by atoms with Gasteiger partial charge in [0.15, 0.2) is 0 Å². The Morgan fingerprint density at radius 2 is 1.65 bits per heavy atom. The van der Waals surface area contributed by atoms with E-state index in [-0.39, 0.29) is 12.0 Å². The Hall–Kier alpha value is -3.88. The number of anilines is 1. The Kier molecular flexibility index (Phi) is 12.9. The monoisotopic (exact) mass is 586 g/mol. The molecule has 1 aliphatic rings. The van der Waals surface area contributed by atoms with Crippen molar-refractivity contribution in [3.8, 4) is 16.9 Å². The lowest BCUT2D eigenvalue weighted by Crippen LogP contribution is -2.46. The molecule has 0 aromatic heterocycles. The van der Waals surface area contributed by atoms with Crippen molar-refractivity contribution >= 4 is 17.7 Å². The Morgan fingerprint density at radius 3 is 2.37 bits per heavy atom. The average Bonchev–Trinajstić information content (AvgIpc) is 3.04. The first kappa shape index (κ1) is 32.0. The molecule has 230 valence electrons. The summed E-state index contributed by atoms with van der Waals surface area (Å²) in [6.07, 6.45) is 5.43. The second-order valence-electron chi connectivity index (χ2n) is 11.0. The molecule has 0 aliphatic carbocycles. The Bertz CT molecular complexity index is 1260. The molecular weight excluding hydrogens is 540 g/mol. The highest BCUT2D eigenvalue weighted by Gasteiger charge is 2.24. The highest BCUT2D eigenvalue weighted by Crippen LogP contribution is 2.28. The quantitative estimate of drug-likeness (QED) is 0.156. The van der Waals surface area contributed by atoms with Crippen LogP contribution >= 0.6 is 0 Å². The lowest BCUT2D eigenvalue weighted by atomic mass is 10.0. The van der Waals surface area contributed by atoms with E-state index in [1.54, 1.807) is 7.11 Å². The van der Waals surface area contributed by atoms with Crippen molar-refractivity contribution in [3.63, 3.8) is 0 Å². The minimum atomic E-state index is -0.430. The molecule has 8 heteroatoms. The van der Waals surface area contributed by atoms with Crippen LogP contribution < -0.4 is 15.5 Å². The van der Waals surface area contributed by atoms with Gasteiger partial charge in [0.1, 0.15) is 11.9 Å². The van der Waals surface area contributed by atoms with Gasteiger partial charge in [-0.25, -0.2) is 10.2 Å². The Balaban J connectivity index is 1.19. The number of piperidine rings is 1. The summed E-state index contributed by atoms with van der Waals surface area (Å²) in [4.78, 5) is 28.2. The molecule has 8 nitrogen and oxygen atoms in total. The van der Waals surface area contributed by atoms with E-state index in [1.165, 1.54) is 5.56 Å². The van der Waals surface area contributed by atoms with Crippen LogP contribution in [-0.2, 0) is 16.0 Å². The Labute approximate surface area is 256 Å². The summed E-state index contributed by atoms with van der Waals surface area (Å²) in [6.45, 7) is 5.88. The van der Waals surface area contributed by atoms with Crippen molar-refractivity contribution in [2.45, 2.75) is 58.0 Å². The fourth-order valence-electron chi connectivity index (χ4n) is 5.33. The smallest absolute Gasteiger partial charge is 0.411 e. The molecule has 4 rings (SSSR count). The molecule has 0 unspecified atom stereocenters. The van der Waals surface area contributed by atoms with E-state index in [2.05, 4.69) is 34.7 Å². The molecule has 0 radical (unpaired) electrons. The number of carbonyl (C=O) groups is 2. The third kappa shape index (κ3) is 10.4. The van der Waals surface area contributed by atoms with E-state index in [9.17, 15) is 9.59 Å². The van der Waals surface area contributed by atoms with Crippen molar-refractivity contribution in [1.29, 1.82) is 0 Å². The van der Waals surface area contributed by atoms with Gasteiger partial charge < -0.3 is 14.4 Å². The number of hydrazine groups is 1. The maximum atomic E-state index is 13.2. The number of carbonyl (C=O) groups excluding carboxylic acids is 2. The van der Waals surface area contributed by atoms with Gasteiger partial charge in [-0.05, 0) is 55.0 Å². The first-order chi connectivity index (χ1) is 21.1. The molecule has 0 atom stereocenters. The zero-order valence-electron chi connectivity index (χ0n) is 25.6. The number of para-hydroxylation sites is 1. The maximum Gasteiger partial charge on any atom is 0.411 e. The second kappa shape index (κ2) is 17.3. The molecular formula is C35H46N4O4. The maximum absolute atomic E-state index is 13.2. The van der Waals surface area contributed by atoms with Crippen LogP contribution in [0.2, 0.25) is 0 Å². The minimum Gasteiger partial charge on any atom is -0.497 e. The summed E-state index contributed by atoms with van der Waals surface area (Å²) >= 11 is 0. The lowest BCUT2D eigenvalue weighted by Gasteiger charge is -2.32. The van der Waals surface area contributed by atoms with Crippen LogP contribution in [-0.4, -0.2) is 67.8 Å². The highest BCUT2D eigenvalue weighted by molar-refractivity contribution is 5.91. The number of amides is 2. The molecule has 1 heterocycles. The number of rotatable bonds is 15. The lowest BCUT2D eigenvalue weighted by molar-refractivity contribution is -0.135. The molecule has 43 heavy (non-hydrogen) atoms. The van der Waals surface area contributed by atoms with Crippen LogP contribution in [0.5, 0.6) is 5.75 Å². The summed E-state index contributed by atoms with van der Waals surface area (Å²) < 4.78 is 11.0. The average molecular weight is 587 g/mol. The molecule has 2 N–H and O–H groups in total. The van der Waals surface area contributed by atoms with Gasteiger partial charge in [0.05, 0.1) is 12.8 Å². The van der Waals surface area contributed by atoms with Crippen LogP contribution in [0.15, 0.2) is 78.9 Å². The van der Waals surface area contributed by atoms with Crippen molar-refractivity contribution < 1.29 is 19.1 Å². The van der Waals surface area contributed by atoms with Crippen molar-refractivity contribution in [1.82, 2.24) is 15.3 Å². The molecule has 0 saturated carbocycles. The van der Waals surface area contributed by atoms with Gasteiger partial charge in [-0.15, -0.1) is 0 Å². The predicted octanol–water partition coefficient (Wildman–Crippen LogP) is 6.53. The number of hydrogen-bond donors (Lipinski definition) is 2. The number of nitrogens with zero attached hydrogens (tertiary/aromatic N) is 2. The number of ether oxygens (including phenoxy) is 2. The molecule has 0 spiro atoms. The molecule has 3 aromatic rings. The number of likely N-dealkylation sites (tertiary alicyclic amines) is 1. The summed E-state index contributed by atoms with van der Waals surface area (Å²) in [5.41, 5.74) is 7.31. The third-order valence-electron chi connectivity index (χ3n) is 7.86. The molecule has 2 amide bonds. The van der Waals surface area contributed by atoms with Crippen LogP contribution in [0.1, 0.15) is 51.0 Å².